The number of aromatic nitrogens is 1. The van der Waals surface area contributed by atoms with Gasteiger partial charge >= 0.3 is 0 Å². The van der Waals surface area contributed by atoms with Crippen LogP contribution < -0.4 is 4.57 Å². The number of rotatable bonds is 3. The zero-order chi connectivity index (χ0) is 21.7. The van der Waals surface area contributed by atoms with Crippen molar-refractivity contribution in [3.63, 3.8) is 0 Å². The Labute approximate surface area is 134 Å². The van der Waals surface area contributed by atoms with Gasteiger partial charge in [0.1, 0.15) is 7.05 Å². The average molecular weight is 276 g/mol. The van der Waals surface area contributed by atoms with Crippen LogP contribution in [0.1, 0.15) is 67.0 Å². The lowest BCUT2D eigenvalue weighted by molar-refractivity contribution is -0.661. The number of benzene rings is 1. The Bertz CT molecular complexity index is 878. The van der Waals surface area contributed by atoms with E-state index in [1.165, 1.54) is 19.9 Å². The molecule has 2 unspecified atom stereocenters. The second kappa shape index (κ2) is 5.78. The van der Waals surface area contributed by atoms with Gasteiger partial charge < -0.3 is 0 Å². The summed E-state index contributed by atoms with van der Waals surface area (Å²) < 4.78 is 65.5. The molecular formula is C19H26N+. The van der Waals surface area contributed by atoms with Crippen LogP contribution in [0.5, 0.6) is 0 Å². The quantitative estimate of drug-likeness (QED) is 0.713. The topological polar surface area (TPSA) is 3.88 Å². The first-order valence-corrected chi connectivity index (χ1v) is 6.62. The van der Waals surface area contributed by atoms with Crippen molar-refractivity contribution in [3.05, 3.63) is 53.2 Å². The molecule has 0 aliphatic carbocycles. The third-order valence-corrected chi connectivity index (χ3v) is 3.48. The average Bonchev–Trinajstić information content (AvgIpc) is 2.52. The molecule has 20 heavy (non-hydrogen) atoms. The van der Waals surface area contributed by atoms with E-state index < -0.39 is 25.5 Å². The van der Waals surface area contributed by atoms with Gasteiger partial charge in [-0.1, -0.05) is 45.8 Å². The Kier molecular flexibility index (Phi) is 2.14. The van der Waals surface area contributed by atoms with Crippen molar-refractivity contribution in [3.8, 4) is 11.3 Å². The van der Waals surface area contributed by atoms with Gasteiger partial charge in [-0.2, -0.15) is 0 Å². The SMILES string of the molecule is [2H]C([2H])([2H])C([2H])(C)c1cc(C([2H])(C)C([2H])([2H])[2H])c(-c2ccccc2C)[n+](C)c1. The summed E-state index contributed by atoms with van der Waals surface area (Å²) in [6, 6.07) is 8.83. The smallest absolute Gasteiger partial charge is 0.200 e. The molecule has 0 N–H and O–H groups in total. The molecule has 0 radical (unpaired) electrons. The van der Waals surface area contributed by atoms with Crippen molar-refractivity contribution in [1.82, 2.24) is 0 Å². The lowest BCUT2D eigenvalue weighted by atomic mass is 9.91. The molecule has 106 valence electrons. The third kappa shape index (κ3) is 2.77. The number of hydrogen-bond acceptors (Lipinski definition) is 0. The van der Waals surface area contributed by atoms with Gasteiger partial charge in [0.15, 0.2) is 6.20 Å². The number of pyridine rings is 1. The Morgan fingerprint density at radius 1 is 1.15 bits per heavy atom. The van der Waals surface area contributed by atoms with E-state index in [9.17, 15) is 0 Å². The molecule has 0 amide bonds. The van der Waals surface area contributed by atoms with Crippen LogP contribution in [0.25, 0.3) is 11.3 Å². The maximum atomic E-state index is 8.66. The molecule has 0 spiro atoms. The fraction of sp³-hybridized carbons (Fsp3) is 0.421. The molecule has 2 atom stereocenters. The second-order valence-corrected chi connectivity index (χ2v) is 5.17. The number of hydrogen-bond donors (Lipinski definition) is 0. The molecule has 1 aromatic heterocycles. The van der Waals surface area contributed by atoms with Crippen LogP contribution in [-0.4, -0.2) is 0 Å². The van der Waals surface area contributed by atoms with E-state index in [2.05, 4.69) is 0 Å². The molecular weight excluding hydrogens is 242 g/mol. The van der Waals surface area contributed by atoms with Crippen molar-refractivity contribution in [1.29, 1.82) is 0 Å². The summed E-state index contributed by atoms with van der Waals surface area (Å²) >= 11 is 0. The number of aryl methyl sites for hydroxylation is 2. The second-order valence-electron chi connectivity index (χ2n) is 5.17. The maximum absolute atomic E-state index is 8.66. The largest absolute Gasteiger partial charge is 0.216 e. The van der Waals surface area contributed by atoms with E-state index in [1.807, 2.05) is 31.2 Å². The highest BCUT2D eigenvalue weighted by molar-refractivity contribution is 5.65. The highest BCUT2D eigenvalue weighted by atomic mass is 14.9. The van der Waals surface area contributed by atoms with Gasteiger partial charge in [-0.25, -0.2) is 4.57 Å². The van der Waals surface area contributed by atoms with Crippen LogP contribution in [0, 0.1) is 6.92 Å². The first kappa shape index (κ1) is 7.40. The maximum Gasteiger partial charge on any atom is 0.216 e. The Balaban J connectivity index is 2.94. The van der Waals surface area contributed by atoms with Crippen molar-refractivity contribution >= 4 is 0 Å². The van der Waals surface area contributed by atoms with E-state index in [-0.39, 0.29) is 11.1 Å². The van der Waals surface area contributed by atoms with Crippen molar-refractivity contribution in [2.24, 2.45) is 7.05 Å². The first-order chi connectivity index (χ1) is 12.5. The van der Waals surface area contributed by atoms with E-state index in [0.29, 0.717) is 5.69 Å². The minimum absolute atomic E-state index is 0.144. The molecule has 1 aromatic carbocycles. The van der Waals surface area contributed by atoms with Crippen molar-refractivity contribution in [2.45, 2.75) is 46.3 Å². The fourth-order valence-electron chi connectivity index (χ4n) is 2.39. The van der Waals surface area contributed by atoms with Crippen LogP contribution in [0.4, 0.5) is 0 Å². The standard InChI is InChI=1S/C19H26N/c1-13(2)16-11-18(14(3)4)19(20(6)12-16)17-10-8-7-9-15(17)5/h7-14H,1-6H3/q+1/i1D3,3D3,13D,14D. The zero-order valence-electron chi connectivity index (χ0n) is 20.4. The summed E-state index contributed by atoms with van der Waals surface area (Å²) in [6.45, 7) is -0.782. The molecule has 0 aliphatic rings. The fourth-order valence-corrected chi connectivity index (χ4v) is 2.39. The minimum Gasteiger partial charge on any atom is -0.200 e. The minimum atomic E-state index is -2.64. The molecule has 2 aromatic rings. The normalized spacial score (nSPS) is 24.4. The molecule has 0 aliphatic heterocycles. The van der Waals surface area contributed by atoms with Crippen LogP contribution in [0.15, 0.2) is 36.5 Å². The highest BCUT2D eigenvalue weighted by Gasteiger charge is 2.22. The Morgan fingerprint density at radius 3 is 2.50 bits per heavy atom. The third-order valence-electron chi connectivity index (χ3n) is 3.48. The van der Waals surface area contributed by atoms with Gasteiger partial charge in [-0.05, 0) is 36.4 Å². The van der Waals surface area contributed by atoms with Crippen LogP contribution in [-0.2, 0) is 7.05 Å². The highest BCUT2D eigenvalue weighted by Crippen LogP contribution is 2.30. The van der Waals surface area contributed by atoms with E-state index in [0.717, 1.165) is 11.1 Å². The van der Waals surface area contributed by atoms with Gasteiger partial charge in [-0.15, -0.1) is 0 Å². The lowest BCUT2D eigenvalue weighted by Crippen LogP contribution is -2.33. The lowest BCUT2D eigenvalue weighted by Gasteiger charge is -2.15. The summed E-state index contributed by atoms with van der Waals surface area (Å²) in [5, 5.41) is 0. The molecule has 2 rings (SSSR count). The Morgan fingerprint density at radius 2 is 1.85 bits per heavy atom. The zero-order valence-corrected chi connectivity index (χ0v) is 12.4. The van der Waals surface area contributed by atoms with Crippen molar-refractivity contribution in [2.75, 3.05) is 0 Å². The predicted octanol–water partition coefficient (Wildman–Crippen LogP) is 4.73. The molecule has 0 fully saturated rings. The summed E-state index contributed by atoms with van der Waals surface area (Å²) in [6.07, 6.45) is 1.54. The first-order valence-electron chi connectivity index (χ1n) is 10.6. The van der Waals surface area contributed by atoms with Gasteiger partial charge in [0.2, 0.25) is 5.69 Å². The van der Waals surface area contributed by atoms with Gasteiger partial charge in [0.25, 0.3) is 0 Å². The number of nitrogens with zero attached hydrogens (tertiary/aromatic N) is 1. The van der Waals surface area contributed by atoms with E-state index in [1.54, 1.807) is 17.8 Å². The van der Waals surface area contributed by atoms with Crippen LogP contribution in [0.2, 0.25) is 0 Å². The summed E-state index contributed by atoms with van der Waals surface area (Å²) in [7, 11) is 1.68. The molecule has 1 nitrogen and oxygen atoms in total. The van der Waals surface area contributed by atoms with Gasteiger partial charge in [-0.3, -0.25) is 0 Å². The molecule has 1 heteroatoms. The van der Waals surface area contributed by atoms with Crippen LogP contribution >= 0.6 is 0 Å². The van der Waals surface area contributed by atoms with Gasteiger partial charge in [0, 0.05) is 27.7 Å². The Hall–Kier alpha value is -1.63. The molecule has 1 heterocycles. The summed E-state index contributed by atoms with van der Waals surface area (Å²) in [4.78, 5) is 0. The molecule has 0 bridgehead atoms. The predicted molar refractivity (Wildman–Crippen MR) is 86.0 cm³/mol. The van der Waals surface area contributed by atoms with E-state index >= 15 is 0 Å². The summed E-state index contributed by atoms with van der Waals surface area (Å²) in [5.41, 5.74) is 2.50. The van der Waals surface area contributed by atoms with E-state index in [4.69, 9.17) is 11.0 Å². The molecule has 0 saturated carbocycles. The molecule has 0 saturated heterocycles. The monoisotopic (exact) mass is 276 g/mol. The van der Waals surface area contributed by atoms with Crippen molar-refractivity contribution < 1.29 is 15.5 Å². The van der Waals surface area contributed by atoms with Gasteiger partial charge in [0.05, 0.1) is 0 Å². The van der Waals surface area contributed by atoms with Crippen LogP contribution in [0.3, 0.4) is 0 Å². The summed E-state index contributed by atoms with van der Waals surface area (Å²) in [5.74, 6) is -3.95.